The highest BCUT2D eigenvalue weighted by Gasteiger charge is 2.45. The number of anilines is 2. The van der Waals surface area contributed by atoms with Crippen LogP contribution < -0.4 is 4.90 Å². The quantitative estimate of drug-likeness (QED) is 0.131. The van der Waals surface area contributed by atoms with Crippen molar-refractivity contribution in [1.29, 1.82) is 0 Å². The standard InChI is InChI=1S/C65H59N/c1-45-17-15-25-58(60(45)42-47-20-7-3-8-21-47)57-38-36-54(44-52(57)41-46-18-5-2-6-19-46)66(63-28-16-27-62-64(63)59-24-11-12-26-61(59)65(62)39-13-4-14-40-65)53-34-31-48(32-35-53)50-33-37-56-51(43-50)30-29-49-22-9-10-23-55(49)56/h2-3,5-7,9-12,15-16,18-20,22-31,33-34,36-38,43-45H,4,8,13-14,17,21,32,35,39-42H2,1H3. The minimum absolute atomic E-state index is 0.0834. The molecule has 7 aromatic rings. The lowest BCUT2D eigenvalue weighted by atomic mass is 9.68. The fourth-order valence-corrected chi connectivity index (χ4v) is 12.5. The molecular weight excluding hydrogens is 795 g/mol. The molecule has 12 rings (SSSR count). The SMILES string of the molecule is CC1CC=CC(c2ccc(N(C3=CC=C(c4ccc5c(ccc6ccccc65)c4)CC3)c3cccc4c3-c3ccccc3C43CCCCC3)cc2Cc2ccccc2)=C1CC1=CC=CCC1. The van der Waals surface area contributed by atoms with Gasteiger partial charge in [0.15, 0.2) is 0 Å². The molecule has 1 nitrogen and oxygen atoms in total. The van der Waals surface area contributed by atoms with Crippen LogP contribution in [0.1, 0.15) is 111 Å². The maximum absolute atomic E-state index is 2.67. The van der Waals surface area contributed by atoms with E-state index in [1.807, 2.05) is 0 Å². The lowest BCUT2D eigenvalue weighted by molar-refractivity contribution is 0.353. The first-order chi connectivity index (χ1) is 32.6. The molecule has 0 amide bonds. The zero-order valence-electron chi connectivity index (χ0n) is 38.4. The Morgan fingerprint density at radius 2 is 1.42 bits per heavy atom. The van der Waals surface area contributed by atoms with Gasteiger partial charge in [-0.25, -0.2) is 0 Å². The van der Waals surface area contributed by atoms with Gasteiger partial charge in [0.1, 0.15) is 0 Å². The van der Waals surface area contributed by atoms with Crippen LogP contribution in [0.25, 0.3) is 43.8 Å². The van der Waals surface area contributed by atoms with Gasteiger partial charge in [-0.05, 0) is 166 Å². The van der Waals surface area contributed by atoms with Crippen molar-refractivity contribution in [3.8, 4) is 11.1 Å². The van der Waals surface area contributed by atoms with E-state index in [2.05, 4.69) is 200 Å². The van der Waals surface area contributed by atoms with Gasteiger partial charge in [0, 0.05) is 22.4 Å². The normalized spacial score (nSPS) is 18.6. The highest BCUT2D eigenvalue weighted by atomic mass is 15.2. The summed E-state index contributed by atoms with van der Waals surface area (Å²) < 4.78 is 0. The second-order valence-corrected chi connectivity index (χ2v) is 19.7. The van der Waals surface area contributed by atoms with Crippen molar-refractivity contribution in [1.82, 2.24) is 0 Å². The lowest BCUT2D eigenvalue weighted by Gasteiger charge is -2.36. The van der Waals surface area contributed by atoms with Crippen LogP contribution >= 0.6 is 0 Å². The van der Waals surface area contributed by atoms with Crippen molar-refractivity contribution >= 4 is 44.1 Å². The molecule has 5 aliphatic carbocycles. The van der Waals surface area contributed by atoms with E-state index in [1.165, 1.54) is 126 Å². The third kappa shape index (κ3) is 7.25. The van der Waals surface area contributed by atoms with Crippen LogP contribution in [0.3, 0.4) is 0 Å². The molecular formula is C65H59N. The Labute approximate surface area is 391 Å². The monoisotopic (exact) mass is 853 g/mol. The zero-order chi connectivity index (χ0) is 44.0. The molecule has 0 saturated heterocycles. The van der Waals surface area contributed by atoms with Gasteiger partial charge in [-0.1, -0.05) is 195 Å². The number of nitrogens with zero attached hydrogens (tertiary/aromatic N) is 1. The minimum atomic E-state index is 0.0834. The smallest absolute Gasteiger partial charge is 0.0540 e. The number of hydrogen-bond donors (Lipinski definition) is 0. The number of hydrogen-bond acceptors (Lipinski definition) is 1. The molecule has 0 aliphatic heterocycles. The molecule has 0 heterocycles. The van der Waals surface area contributed by atoms with Crippen molar-refractivity contribution in [2.75, 3.05) is 4.90 Å². The molecule has 7 aromatic carbocycles. The van der Waals surface area contributed by atoms with Crippen LogP contribution in [0.2, 0.25) is 0 Å². The Bertz CT molecular complexity index is 3210. The largest absolute Gasteiger partial charge is 0.314 e. The van der Waals surface area contributed by atoms with Gasteiger partial charge in [-0.3, -0.25) is 0 Å². The van der Waals surface area contributed by atoms with Gasteiger partial charge in [-0.2, -0.15) is 0 Å². The Morgan fingerprint density at radius 1 is 0.606 bits per heavy atom. The molecule has 324 valence electrons. The molecule has 0 aromatic heterocycles. The highest BCUT2D eigenvalue weighted by Crippen LogP contribution is 2.59. The van der Waals surface area contributed by atoms with E-state index in [0.717, 1.165) is 44.9 Å². The summed E-state index contributed by atoms with van der Waals surface area (Å²) in [6.45, 7) is 2.44. The molecule has 1 saturated carbocycles. The van der Waals surface area contributed by atoms with E-state index < -0.39 is 0 Å². The van der Waals surface area contributed by atoms with Crippen molar-refractivity contribution in [3.05, 3.63) is 238 Å². The van der Waals surface area contributed by atoms with Crippen LogP contribution in [-0.2, 0) is 11.8 Å². The van der Waals surface area contributed by atoms with Crippen LogP contribution in [0.15, 0.2) is 205 Å². The van der Waals surface area contributed by atoms with Crippen LogP contribution in [-0.4, -0.2) is 0 Å². The summed E-state index contributed by atoms with van der Waals surface area (Å²) in [7, 11) is 0. The maximum Gasteiger partial charge on any atom is 0.0540 e. The van der Waals surface area contributed by atoms with Gasteiger partial charge in [-0.15, -0.1) is 0 Å². The predicted octanol–water partition coefficient (Wildman–Crippen LogP) is 17.7. The molecule has 0 bridgehead atoms. The van der Waals surface area contributed by atoms with Gasteiger partial charge in [0.05, 0.1) is 5.69 Å². The second-order valence-electron chi connectivity index (χ2n) is 19.7. The molecule has 1 spiro atoms. The van der Waals surface area contributed by atoms with Gasteiger partial charge >= 0.3 is 0 Å². The van der Waals surface area contributed by atoms with Gasteiger partial charge < -0.3 is 4.90 Å². The average Bonchev–Trinajstić information content (AvgIpc) is 3.64. The third-order valence-corrected chi connectivity index (χ3v) is 15.9. The van der Waals surface area contributed by atoms with E-state index in [1.54, 1.807) is 11.1 Å². The summed E-state index contributed by atoms with van der Waals surface area (Å²) in [5.41, 5.74) is 21.3. The molecule has 1 heteroatoms. The van der Waals surface area contributed by atoms with E-state index in [-0.39, 0.29) is 5.41 Å². The Hall–Kier alpha value is -6.70. The first-order valence-electron chi connectivity index (χ1n) is 24.9. The highest BCUT2D eigenvalue weighted by molar-refractivity contribution is 6.08. The fraction of sp³-hybridized carbons (Fsp3) is 0.231. The second kappa shape index (κ2) is 17.3. The van der Waals surface area contributed by atoms with Crippen molar-refractivity contribution in [2.45, 2.75) is 89.4 Å². The molecule has 66 heavy (non-hydrogen) atoms. The van der Waals surface area contributed by atoms with E-state index >= 15 is 0 Å². The van der Waals surface area contributed by atoms with Crippen LogP contribution in [0.5, 0.6) is 0 Å². The topological polar surface area (TPSA) is 3.24 Å². The van der Waals surface area contributed by atoms with E-state index in [4.69, 9.17) is 0 Å². The Morgan fingerprint density at radius 3 is 2.29 bits per heavy atom. The summed E-state index contributed by atoms with van der Waals surface area (Å²) in [4.78, 5) is 2.67. The number of allylic oxidation sites excluding steroid dienone is 12. The number of rotatable bonds is 9. The third-order valence-electron chi connectivity index (χ3n) is 15.9. The summed E-state index contributed by atoms with van der Waals surface area (Å²) in [5, 5.41) is 5.24. The maximum atomic E-state index is 2.67. The first kappa shape index (κ1) is 40.8. The molecule has 1 unspecified atom stereocenters. The average molecular weight is 854 g/mol. The number of benzene rings is 7. The van der Waals surface area contributed by atoms with Crippen molar-refractivity contribution in [2.24, 2.45) is 5.92 Å². The number of fused-ring (bicyclic) bond motifs is 8. The van der Waals surface area contributed by atoms with Gasteiger partial charge in [0.2, 0.25) is 0 Å². The molecule has 1 fully saturated rings. The van der Waals surface area contributed by atoms with Gasteiger partial charge in [0.25, 0.3) is 0 Å². The van der Waals surface area contributed by atoms with E-state index in [0.29, 0.717) is 5.92 Å². The van der Waals surface area contributed by atoms with Crippen molar-refractivity contribution in [3.63, 3.8) is 0 Å². The molecule has 0 radical (unpaired) electrons. The van der Waals surface area contributed by atoms with Crippen LogP contribution in [0.4, 0.5) is 11.4 Å². The molecule has 0 N–H and O–H groups in total. The first-order valence-corrected chi connectivity index (χ1v) is 24.9. The van der Waals surface area contributed by atoms with Crippen molar-refractivity contribution < 1.29 is 0 Å². The lowest BCUT2D eigenvalue weighted by Crippen LogP contribution is -2.28. The summed E-state index contributed by atoms with van der Waals surface area (Å²) in [6.07, 6.45) is 30.3. The summed E-state index contributed by atoms with van der Waals surface area (Å²) in [5.74, 6) is 0.506. The fourth-order valence-electron chi connectivity index (χ4n) is 12.5. The zero-order valence-corrected chi connectivity index (χ0v) is 38.4. The summed E-state index contributed by atoms with van der Waals surface area (Å²) in [6, 6.07) is 55.8. The molecule has 5 aliphatic rings. The molecule has 1 atom stereocenters. The summed E-state index contributed by atoms with van der Waals surface area (Å²) >= 11 is 0. The van der Waals surface area contributed by atoms with E-state index in [9.17, 15) is 0 Å². The predicted molar refractivity (Wildman–Crippen MR) is 281 cm³/mol. The Kier molecular flexibility index (Phi) is 10.7. The Balaban J connectivity index is 1.03. The van der Waals surface area contributed by atoms with Crippen LogP contribution in [0, 0.1) is 5.92 Å². The minimum Gasteiger partial charge on any atom is -0.314 e.